The molecule has 0 spiro atoms. The van der Waals surface area contributed by atoms with Gasteiger partial charge in [-0.3, -0.25) is 4.79 Å². The zero-order chi connectivity index (χ0) is 21.1. The Kier molecular flexibility index (Phi) is 6.75. The van der Waals surface area contributed by atoms with Crippen molar-refractivity contribution in [2.24, 2.45) is 0 Å². The molecule has 2 aromatic carbocycles. The molecule has 5 nitrogen and oxygen atoms in total. The molecule has 2 aromatic rings. The van der Waals surface area contributed by atoms with Crippen molar-refractivity contribution in [3.05, 3.63) is 63.2 Å². The largest absolute Gasteiger partial charge is 0.507 e. The number of carbonyl (C=O) groups is 1. The van der Waals surface area contributed by atoms with Crippen LogP contribution in [0.2, 0.25) is 5.02 Å². The Morgan fingerprint density at radius 1 is 1.07 bits per heavy atom. The molecule has 0 aromatic heterocycles. The van der Waals surface area contributed by atoms with Crippen LogP contribution in [0.25, 0.3) is 6.08 Å². The van der Waals surface area contributed by atoms with Gasteiger partial charge in [-0.1, -0.05) is 29.8 Å². The Labute approximate surface area is 170 Å². The van der Waals surface area contributed by atoms with Gasteiger partial charge in [0.1, 0.15) is 11.5 Å². The van der Waals surface area contributed by atoms with Crippen molar-refractivity contribution in [2.75, 3.05) is 6.54 Å². The van der Waals surface area contributed by atoms with Crippen LogP contribution in [0.5, 0.6) is 11.5 Å². The molecule has 1 unspecified atom stereocenters. The van der Waals surface area contributed by atoms with Crippen LogP contribution in [0.15, 0.2) is 30.3 Å². The van der Waals surface area contributed by atoms with E-state index in [0.29, 0.717) is 40.2 Å². The number of carbonyl (C=O) groups excluding carboxylic acids is 1. The highest BCUT2D eigenvalue weighted by atomic mass is 35.5. The third-order valence-electron chi connectivity index (χ3n) is 4.93. The van der Waals surface area contributed by atoms with Crippen LogP contribution in [0.1, 0.15) is 34.7 Å². The van der Waals surface area contributed by atoms with Gasteiger partial charge in [0.25, 0.3) is 5.91 Å². The molecule has 0 fully saturated rings. The Bertz CT molecular complexity index is 873. The summed E-state index contributed by atoms with van der Waals surface area (Å²) in [6.45, 7) is 6.81. The highest BCUT2D eigenvalue weighted by molar-refractivity contribution is 6.30. The van der Waals surface area contributed by atoms with Crippen molar-refractivity contribution in [1.82, 2.24) is 5.32 Å². The first-order valence-corrected chi connectivity index (χ1v) is 9.38. The Hall–Kier alpha value is -2.50. The molecule has 28 heavy (non-hydrogen) atoms. The summed E-state index contributed by atoms with van der Waals surface area (Å²) in [7, 11) is 0. The van der Waals surface area contributed by atoms with Crippen molar-refractivity contribution in [3.63, 3.8) is 0 Å². The summed E-state index contributed by atoms with van der Waals surface area (Å²) in [6.07, 6.45) is 3.37. The maximum atomic E-state index is 12.3. The number of halogens is 1. The molecule has 0 heterocycles. The number of hydrogen-bond donors (Lipinski definition) is 4. The molecule has 0 saturated heterocycles. The molecule has 2 rings (SSSR count). The van der Waals surface area contributed by atoms with E-state index in [9.17, 15) is 20.1 Å². The van der Waals surface area contributed by atoms with Crippen molar-refractivity contribution in [2.45, 2.75) is 39.7 Å². The van der Waals surface area contributed by atoms with E-state index in [0.717, 1.165) is 5.56 Å². The summed E-state index contributed by atoms with van der Waals surface area (Å²) in [5.41, 5.74) is 1.25. The lowest BCUT2D eigenvalue weighted by Crippen LogP contribution is -2.43. The van der Waals surface area contributed by atoms with E-state index in [2.05, 4.69) is 5.32 Å². The quantitative estimate of drug-likeness (QED) is 0.552. The smallest absolute Gasteiger partial charge is 0.255 e. The van der Waals surface area contributed by atoms with E-state index in [1.807, 2.05) is 12.1 Å². The van der Waals surface area contributed by atoms with Crippen molar-refractivity contribution >= 4 is 23.6 Å². The molecule has 0 aliphatic rings. The fraction of sp³-hybridized carbons (Fsp3) is 0.318. The van der Waals surface area contributed by atoms with Crippen LogP contribution in [0.4, 0.5) is 0 Å². The van der Waals surface area contributed by atoms with Crippen molar-refractivity contribution in [1.29, 1.82) is 0 Å². The highest BCUT2D eigenvalue weighted by Crippen LogP contribution is 2.37. The molecule has 0 aliphatic heterocycles. The van der Waals surface area contributed by atoms with Crippen LogP contribution in [0.3, 0.4) is 0 Å². The zero-order valence-electron chi connectivity index (χ0n) is 16.5. The van der Waals surface area contributed by atoms with E-state index in [1.165, 1.54) is 19.1 Å². The lowest BCUT2D eigenvalue weighted by Gasteiger charge is -2.19. The monoisotopic (exact) mass is 403 g/mol. The fourth-order valence-corrected chi connectivity index (χ4v) is 2.95. The molecule has 6 heteroatoms. The van der Waals surface area contributed by atoms with Crippen molar-refractivity contribution in [3.8, 4) is 11.5 Å². The minimum Gasteiger partial charge on any atom is -0.507 e. The van der Waals surface area contributed by atoms with Crippen LogP contribution in [0, 0.1) is 20.8 Å². The SMILES string of the molecule is Cc1c(C)c(O)c(C=CC(C)(O)C(=O)NCCc2ccc(Cl)cc2)c(C)c1O. The average molecular weight is 404 g/mol. The highest BCUT2D eigenvalue weighted by Gasteiger charge is 2.27. The zero-order valence-corrected chi connectivity index (χ0v) is 17.3. The molecule has 0 saturated carbocycles. The molecule has 1 amide bonds. The lowest BCUT2D eigenvalue weighted by atomic mass is 9.95. The molecule has 0 bridgehead atoms. The topological polar surface area (TPSA) is 89.8 Å². The number of rotatable bonds is 6. The first-order valence-electron chi connectivity index (χ1n) is 9.00. The van der Waals surface area contributed by atoms with Gasteiger partial charge in [-0.15, -0.1) is 0 Å². The number of benzene rings is 2. The third-order valence-corrected chi connectivity index (χ3v) is 5.19. The molecule has 1 atom stereocenters. The summed E-state index contributed by atoms with van der Waals surface area (Å²) >= 11 is 5.85. The first kappa shape index (κ1) is 21.8. The van der Waals surface area contributed by atoms with E-state index in [4.69, 9.17) is 11.6 Å². The predicted octanol–water partition coefficient (Wildman–Crippen LogP) is 3.80. The number of hydrogen-bond acceptors (Lipinski definition) is 4. The maximum absolute atomic E-state index is 12.3. The molecule has 150 valence electrons. The van der Waals surface area contributed by atoms with Gasteiger partial charge >= 0.3 is 0 Å². The van der Waals surface area contributed by atoms with Gasteiger partial charge in [-0.25, -0.2) is 0 Å². The summed E-state index contributed by atoms with van der Waals surface area (Å²) < 4.78 is 0. The molecule has 4 N–H and O–H groups in total. The van der Waals surface area contributed by atoms with Crippen molar-refractivity contribution < 1.29 is 20.1 Å². The fourth-order valence-electron chi connectivity index (χ4n) is 2.82. The van der Waals surface area contributed by atoms with Crippen LogP contribution >= 0.6 is 11.6 Å². The van der Waals surface area contributed by atoms with E-state index in [1.54, 1.807) is 32.9 Å². The summed E-state index contributed by atoms with van der Waals surface area (Å²) in [5.74, 6) is -0.451. The second-order valence-corrected chi connectivity index (χ2v) is 7.54. The first-order chi connectivity index (χ1) is 13.0. The molecule has 0 aliphatic carbocycles. The number of amides is 1. The second-order valence-electron chi connectivity index (χ2n) is 7.10. The Morgan fingerprint density at radius 2 is 1.64 bits per heavy atom. The normalized spacial score (nSPS) is 13.5. The Balaban J connectivity index is 2.08. The van der Waals surface area contributed by atoms with Gasteiger partial charge in [0.15, 0.2) is 5.60 Å². The Morgan fingerprint density at radius 3 is 2.25 bits per heavy atom. The number of aromatic hydroxyl groups is 2. The van der Waals surface area contributed by atoms with E-state index in [-0.39, 0.29) is 11.5 Å². The van der Waals surface area contributed by atoms with Gasteiger partial charge in [0.2, 0.25) is 0 Å². The number of aliphatic hydroxyl groups is 1. The molecular weight excluding hydrogens is 378 g/mol. The van der Waals surface area contributed by atoms with Crippen LogP contribution in [-0.4, -0.2) is 33.4 Å². The van der Waals surface area contributed by atoms with E-state index < -0.39 is 11.5 Å². The lowest BCUT2D eigenvalue weighted by molar-refractivity contribution is -0.133. The van der Waals surface area contributed by atoms with Gasteiger partial charge in [0.05, 0.1) is 0 Å². The second kappa shape index (κ2) is 8.67. The molecule has 0 radical (unpaired) electrons. The van der Waals surface area contributed by atoms with Gasteiger partial charge in [-0.05, 0) is 69.0 Å². The minimum atomic E-state index is -1.77. The number of nitrogens with one attached hydrogen (secondary N) is 1. The average Bonchev–Trinajstić information content (AvgIpc) is 2.66. The van der Waals surface area contributed by atoms with Gasteiger partial charge in [0, 0.05) is 22.7 Å². The predicted molar refractivity (Wildman–Crippen MR) is 112 cm³/mol. The van der Waals surface area contributed by atoms with Crippen LogP contribution < -0.4 is 5.32 Å². The minimum absolute atomic E-state index is 0.0167. The summed E-state index contributed by atoms with van der Waals surface area (Å²) in [5, 5.41) is 34.4. The van der Waals surface area contributed by atoms with Gasteiger partial charge in [-0.2, -0.15) is 0 Å². The van der Waals surface area contributed by atoms with Crippen LogP contribution in [-0.2, 0) is 11.2 Å². The van der Waals surface area contributed by atoms with Gasteiger partial charge < -0.3 is 20.6 Å². The van der Waals surface area contributed by atoms with E-state index >= 15 is 0 Å². The summed E-state index contributed by atoms with van der Waals surface area (Å²) in [4.78, 5) is 12.3. The number of phenolic OH excluding ortho intramolecular Hbond substituents is 2. The standard InChI is InChI=1S/C22H26ClNO4/c1-13-14(2)20(26)18(15(3)19(13)25)9-11-22(4,28)21(27)24-12-10-16-5-7-17(23)8-6-16/h5-9,11,25-26,28H,10,12H2,1-4H3,(H,24,27). The summed E-state index contributed by atoms with van der Waals surface area (Å²) in [6, 6.07) is 7.32. The number of phenols is 2. The molecular formula is C22H26ClNO4. The third kappa shape index (κ3) is 4.86. The maximum Gasteiger partial charge on any atom is 0.255 e.